The fraction of sp³-hybridized carbons (Fsp3) is 0. The molecule has 0 amide bonds. The average Bonchev–Trinajstić information content (AvgIpc) is 0. The maximum absolute atomic E-state index is 0. The zero-order valence-corrected chi connectivity index (χ0v) is 9.49. The third-order valence-corrected chi connectivity index (χ3v) is 0. The fourth-order valence-corrected chi connectivity index (χ4v) is 0. The van der Waals surface area contributed by atoms with Crippen molar-refractivity contribution in [2.45, 2.75) is 0 Å². The Morgan fingerprint density at radius 2 is 0.833 bits per heavy atom. The van der Waals surface area contributed by atoms with Gasteiger partial charge in [-0.2, -0.15) is 13.5 Å². The molecule has 0 saturated heterocycles. The summed E-state index contributed by atoms with van der Waals surface area (Å²) in [5.41, 5.74) is 0. The predicted octanol–water partition coefficient (Wildman–Crippen LogP) is -0.511. The van der Waals surface area contributed by atoms with E-state index in [0.717, 1.165) is 0 Å². The van der Waals surface area contributed by atoms with Gasteiger partial charge in [0.15, 0.2) is 0 Å². The minimum absolute atomic E-state index is 0. The molecular formula is H2CuInO2STi+5. The van der Waals surface area contributed by atoms with Crippen molar-refractivity contribution in [2.75, 3.05) is 0 Å². The summed E-state index contributed by atoms with van der Waals surface area (Å²) in [6.07, 6.45) is 0. The molecule has 0 atom stereocenters. The van der Waals surface area contributed by atoms with Gasteiger partial charge < -0.3 is 11.0 Å². The van der Waals surface area contributed by atoms with E-state index in [-0.39, 0.29) is 89.1 Å². The second-order valence-corrected chi connectivity index (χ2v) is 0. The van der Waals surface area contributed by atoms with Gasteiger partial charge in [-0.3, -0.25) is 0 Å². The van der Waals surface area contributed by atoms with Gasteiger partial charge in [-0.1, -0.05) is 0 Å². The van der Waals surface area contributed by atoms with Crippen LogP contribution < -0.4 is 0 Å². The van der Waals surface area contributed by atoms with Gasteiger partial charge in [0, 0.05) is 0 Å². The van der Waals surface area contributed by atoms with Crippen LogP contribution in [0.5, 0.6) is 0 Å². The number of rotatable bonds is 0. The molecule has 1 radical (unpaired) electrons. The zero-order chi connectivity index (χ0) is 0. The average molecular weight is 292 g/mol. The van der Waals surface area contributed by atoms with Crippen molar-refractivity contribution in [3.05, 3.63) is 0 Å². The molecule has 0 aromatic rings. The second kappa shape index (κ2) is 53.2. The van der Waals surface area contributed by atoms with Gasteiger partial charge in [0.2, 0.25) is 0 Å². The molecule has 0 rings (SSSR count). The molecular weight excluding hydrogens is 290 g/mol. The molecule has 33 valence electrons. The van der Waals surface area contributed by atoms with E-state index in [1.54, 1.807) is 0 Å². The van der Waals surface area contributed by atoms with Gasteiger partial charge in [-0.15, -0.1) is 0 Å². The Kier molecular flexibility index (Phi) is 716. The minimum Gasteiger partial charge on any atom is -2.00 e. The minimum atomic E-state index is 0. The Bertz CT molecular complexity index is 13.5. The molecule has 0 aliphatic heterocycles. The molecule has 6 heavy (non-hydrogen) atoms. The topological polar surface area (TPSA) is 57.0 Å². The molecule has 0 spiro atoms. The molecule has 0 N–H and O–H groups in total. The van der Waals surface area contributed by atoms with Crippen LogP contribution in [0.25, 0.3) is 0 Å². The van der Waals surface area contributed by atoms with Gasteiger partial charge in [-0.25, -0.2) is 0 Å². The molecule has 0 fully saturated rings. The Morgan fingerprint density at radius 3 is 0.833 bits per heavy atom. The SMILES string of the molecule is S.[Cu+2].[In+3].[O-2].[O-2].[Ti+4]. The molecule has 0 heterocycles. The van der Waals surface area contributed by atoms with Gasteiger partial charge in [0.05, 0.1) is 0 Å². The van der Waals surface area contributed by atoms with Gasteiger partial charge in [0.25, 0.3) is 0 Å². The van der Waals surface area contributed by atoms with Crippen LogP contribution in [0.15, 0.2) is 0 Å². The predicted molar refractivity (Wildman–Crippen MR) is 17.5 cm³/mol. The molecule has 0 aliphatic carbocycles. The van der Waals surface area contributed by atoms with Crippen molar-refractivity contribution in [3.8, 4) is 0 Å². The largest absolute Gasteiger partial charge is 4.00 e. The van der Waals surface area contributed by atoms with Crippen LogP contribution >= 0.6 is 13.5 Å². The summed E-state index contributed by atoms with van der Waals surface area (Å²) in [5.74, 6) is 0. The fourth-order valence-electron chi connectivity index (χ4n) is 0. The Balaban J connectivity index is 0. The van der Waals surface area contributed by atoms with Crippen molar-refractivity contribution >= 4 is 39.3 Å². The molecule has 0 saturated carbocycles. The monoisotopic (exact) mass is 292 g/mol. The van der Waals surface area contributed by atoms with E-state index < -0.39 is 0 Å². The summed E-state index contributed by atoms with van der Waals surface area (Å²) in [4.78, 5) is 0. The number of hydrogen-bond acceptors (Lipinski definition) is 0. The molecule has 0 unspecified atom stereocenters. The first-order valence-electron chi connectivity index (χ1n) is 0. The Morgan fingerprint density at radius 1 is 0.833 bits per heavy atom. The summed E-state index contributed by atoms with van der Waals surface area (Å²) in [5, 5.41) is 0. The maximum atomic E-state index is 0. The van der Waals surface area contributed by atoms with Crippen molar-refractivity contribution in [1.29, 1.82) is 0 Å². The molecule has 6 heteroatoms. The zero-order valence-electron chi connectivity index (χ0n) is 2.70. The summed E-state index contributed by atoms with van der Waals surface area (Å²) in [6.45, 7) is 0. The van der Waals surface area contributed by atoms with Crippen LogP contribution in [0.3, 0.4) is 0 Å². The van der Waals surface area contributed by atoms with Crippen molar-refractivity contribution in [3.63, 3.8) is 0 Å². The first kappa shape index (κ1) is 80.8. The van der Waals surface area contributed by atoms with E-state index in [9.17, 15) is 0 Å². The van der Waals surface area contributed by atoms with Crippen molar-refractivity contribution in [1.82, 2.24) is 0 Å². The Labute approximate surface area is 88.0 Å². The van der Waals surface area contributed by atoms with Crippen LogP contribution in [0, 0.1) is 0 Å². The van der Waals surface area contributed by atoms with E-state index in [2.05, 4.69) is 0 Å². The Hall–Kier alpha value is 2.37. The maximum Gasteiger partial charge on any atom is 4.00 e. The molecule has 0 aromatic heterocycles. The van der Waals surface area contributed by atoms with Crippen LogP contribution in [-0.4, -0.2) is 25.8 Å². The second-order valence-electron chi connectivity index (χ2n) is 0. The van der Waals surface area contributed by atoms with E-state index >= 15 is 0 Å². The van der Waals surface area contributed by atoms with Crippen LogP contribution in [0.1, 0.15) is 0 Å². The third kappa shape index (κ3) is 32.7. The molecule has 0 bridgehead atoms. The van der Waals surface area contributed by atoms with Gasteiger partial charge in [0.1, 0.15) is 0 Å². The van der Waals surface area contributed by atoms with Crippen molar-refractivity contribution in [2.24, 2.45) is 0 Å². The molecule has 0 aromatic carbocycles. The van der Waals surface area contributed by atoms with Gasteiger partial charge in [-0.05, 0) is 0 Å². The van der Waals surface area contributed by atoms with Crippen molar-refractivity contribution < 1.29 is 49.7 Å². The van der Waals surface area contributed by atoms with E-state index in [1.807, 2.05) is 0 Å². The summed E-state index contributed by atoms with van der Waals surface area (Å²) >= 11 is 0. The normalized spacial score (nSPS) is 0. The molecule has 2 nitrogen and oxygen atoms in total. The van der Waals surface area contributed by atoms with Crippen LogP contribution in [0.2, 0.25) is 0 Å². The van der Waals surface area contributed by atoms with E-state index in [0.29, 0.717) is 0 Å². The smallest absolute Gasteiger partial charge is 2.00 e. The third-order valence-electron chi connectivity index (χ3n) is 0. The summed E-state index contributed by atoms with van der Waals surface area (Å²) in [6, 6.07) is 0. The van der Waals surface area contributed by atoms with E-state index in [4.69, 9.17) is 0 Å². The summed E-state index contributed by atoms with van der Waals surface area (Å²) in [7, 11) is 0. The van der Waals surface area contributed by atoms with E-state index in [1.165, 1.54) is 0 Å². The van der Waals surface area contributed by atoms with Crippen LogP contribution in [0.4, 0.5) is 0 Å². The quantitative estimate of drug-likeness (QED) is 0.540. The summed E-state index contributed by atoms with van der Waals surface area (Å²) < 4.78 is 0. The van der Waals surface area contributed by atoms with Crippen LogP contribution in [-0.2, 0) is 49.7 Å². The molecule has 0 aliphatic rings. The first-order valence-corrected chi connectivity index (χ1v) is 0. The standard InChI is InChI=1S/Cu.In.2O.H2S.Ti/h;;;;1H2;/q+2;+3;2*-2;;+4. The first-order chi connectivity index (χ1) is 0. The van der Waals surface area contributed by atoms with Gasteiger partial charge >= 0.3 is 64.6 Å². The number of hydrogen-bond donors (Lipinski definition) is 0.